The van der Waals surface area contributed by atoms with E-state index in [-0.39, 0.29) is 23.9 Å². The molecule has 0 atom stereocenters. The van der Waals surface area contributed by atoms with Crippen LogP contribution >= 0.6 is 0 Å². The van der Waals surface area contributed by atoms with Crippen LogP contribution in [0.25, 0.3) is 11.3 Å². The number of likely N-dealkylation sites (tertiary alicyclic amines) is 1. The summed E-state index contributed by atoms with van der Waals surface area (Å²) in [6.07, 6.45) is 1.47. The van der Waals surface area contributed by atoms with E-state index in [2.05, 4.69) is 4.98 Å². The molecule has 138 valence electrons. The lowest BCUT2D eigenvalue weighted by Gasteiger charge is -2.37. The number of halogens is 1. The van der Waals surface area contributed by atoms with Gasteiger partial charge < -0.3 is 9.32 Å². The smallest absolute Gasteiger partial charge is 0.309 e. The highest BCUT2D eigenvalue weighted by molar-refractivity contribution is 7.92. The second-order valence-corrected chi connectivity index (χ2v) is 8.45. The Balaban J connectivity index is 1.44. The molecule has 1 aliphatic rings. The monoisotopic (exact) mass is 386 g/mol. The van der Waals surface area contributed by atoms with E-state index in [9.17, 15) is 17.6 Å². The number of carbonyl (C=O) groups excluding carboxylic acids is 1. The van der Waals surface area contributed by atoms with E-state index in [1.807, 2.05) is 30.3 Å². The highest BCUT2D eigenvalue weighted by atomic mass is 32.2. The maximum Gasteiger partial charge on any atom is 0.309 e. The number of aromatic nitrogens is 1. The van der Waals surface area contributed by atoms with Crippen LogP contribution in [0.5, 0.6) is 0 Å². The lowest BCUT2D eigenvalue weighted by atomic mass is 10.2. The highest BCUT2D eigenvalue weighted by Crippen LogP contribution is 2.26. The van der Waals surface area contributed by atoms with E-state index in [1.165, 1.54) is 23.2 Å². The predicted molar refractivity (Wildman–Crippen MR) is 95.2 cm³/mol. The molecule has 0 radical (unpaired) electrons. The molecule has 0 aliphatic carbocycles. The Labute approximate surface area is 155 Å². The van der Waals surface area contributed by atoms with Gasteiger partial charge in [0.1, 0.15) is 11.1 Å². The molecule has 8 heteroatoms. The fourth-order valence-electron chi connectivity index (χ4n) is 2.86. The third kappa shape index (κ3) is 3.23. The Kier molecular flexibility index (Phi) is 4.27. The minimum atomic E-state index is -3.62. The average molecular weight is 386 g/mol. The molecule has 0 saturated carbocycles. The molecule has 2 heterocycles. The van der Waals surface area contributed by atoms with E-state index < -0.39 is 26.8 Å². The van der Waals surface area contributed by atoms with Crippen molar-refractivity contribution in [1.29, 1.82) is 0 Å². The number of oxazole rings is 1. The number of hydrogen-bond acceptors (Lipinski definition) is 5. The van der Waals surface area contributed by atoms with Crippen molar-refractivity contribution in [3.8, 4) is 11.3 Å². The predicted octanol–water partition coefficient (Wildman–Crippen LogP) is 2.78. The maximum absolute atomic E-state index is 13.0. The van der Waals surface area contributed by atoms with Crippen LogP contribution in [0, 0.1) is 5.82 Å². The molecule has 0 unspecified atom stereocenters. The first-order valence-electron chi connectivity index (χ1n) is 8.25. The third-order valence-corrected chi connectivity index (χ3v) is 6.57. The summed E-state index contributed by atoms with van der Waals surface area (Å²) in [6.45, 7) is 0.0865. The van der Waals surface area contributed by atoms with Gasteiger partial charge in [-0.05, 0) is 24.3 Å². The molecule has 1 saturated heterocycles. The zero-order valence-electron chi connectivity index (χ0n) is 14.1. The van der Waals surface area contributed by atoms with Gasteiger partial charge in [0.05, 0.1) is 11.1 Å². The van der Waals surface area contributed by atoms with Gasteiger partial charge in [-0.2, -0.15) is 0 Å². The zero-order chi connectivity index (χ0) is 19.0. The van der Waals surface area contributed by atoms with Crippen molar-refractivity contribution in [2.24, 2.45) is 0 Å². The Hall–Kier alpha value is -3.00. The molecule has 1 fully saturated rings. The maximum atomic E-state index is 13.0. The molecule has 1 aliphatic heterocycles. The number of amides is 1. The molecule has 27 heavy (non-hydrogen) atoms. The number of benzene rings is 2. The highest BCUT2D eigenvalue weighted by Gasteiger charge is 2.41. The van der Waals surface area contributed by atoms with Crippen LogP contribution in [-0.4, -0.2) is 42.5 Å². The molecule has 6 nitrogen and oxygen atoms in total. The van der Waals surface area contributed by atoms with E-state index in [4.69, 9.17) is 4.42 Å². The number of sulfone groups is 1. The van der Waals surface area contributed by atoms with Crippen LogP contribution in [0.1, 0.15) is 10.7 Å². The molecule has 3 aromatic rings. The Bertz CT molecular complexity index is 1070. The molecule has 2 aromatic carbocycles. The second kappa shape index (κ2) is 6.62. The van der Waals surface area contributed by atoms with E-state index >= 15 is 0 Å². The number of carbonyl (C=O) groups is 1. The van der Waals surface area contributed by atoms with E-state index in [0.717, 1.165) is 17.7 Å². The summed E-state index contributed by atoms with van der Waals surface area (Å²) in [4.78, 5) is 17.9. The van der Waals surface area contributed by atoms with Gasteiger partial charge in [-0.25, -0.2) is 17.8 Å². The van der Waals surface area contributed by atoms with Crippen molar-refractivity contribution in [3.05, 3.63) is 72.5 Å². The van der Waals surface area contributed by atoms with Crippen LogP contribution in [-0.2, 0) is 9.84 Å². The van der Waals surface area contributed by atoms with Crippen molar-refractivity contribution < 1.29 is 22.0 Å². The molecular weight excluding hydrogens is 371 g/mol. The number of rotatable bonds is 4. The van der Waals surface area contributed by atoms with E-state index in [1.54, 1.807) is 0 Å². The number of nitrogens with zero attached hydrogens (tertiary/aromatic N) is 2. The Morgan fingerprint density at radius 1 is 1.07 bits per heavy atom. The summed E-state index contributed by atoms with van der Waals surface area (Å²) in [5.74, 6) is -0.568. The van der Waals surface area contributed by atoms with Crippen LogP contribution in [0.2, 0.25) is 0 Å². The second-order valence-electron chi connectivity index (χ2n) is 6.23. The van der Waals surface area contributed by atoms with Gasteiger partial charge in [0.15, 0.2) is 15.6 Å². The molecule has 0 bridgehead atoms. The van der Waals surface area contributed by atoms with Gasteiger partial charge in [0.25, 0.3) is 5.89 Å². The largest absolute Gasteiger partial charge is 0.432 e. The standard InChI is InChI=1S/C19H15FN2O4S/c20-14-6-8-15(9-7-14)27(24,25)16-11-22(12-16)19(23)18-21-10-17(26-18)13-4-2-1-3-5-13/h1-10,16H,11-12H2. The van der Waals surface area contributed by atoms with Gasteiger partial charge in [0.2, 0.25) is 0 Å². The quantitative estimate of drug-likeness (QED) is 0.644. The topological polar surface area (TPSA) is 80.5 Å². The summed E-state index contributed by atoms with van der Waals surface area (Å²) >= 11 is 0. The zero-order valence-corrected chi connectivity index (χ0v) is 14.9. The summed E-state index contributed by atoms with van der Waals surface area (Å²) in [7, 11) is -3.62. The van der Waals surface area contributed by atoms with Gasteiger partial charge in [-0.15, -0.1) is 0 Å². The SMILES string of the molecule is O=C(c1ncc(-c2ccccc2)o1)N1CC(S(=O)(=O)c2ccc(F)cc2)C1. The van der Waals surface area contributed by atoms with Gasteiger partial charge in [-0.3, -0.25) is 4.79 Å². The van der Waals surface area contributed by atoms with E-state index in [0.29, 0.717) is 5.76 Å². The fourth-order valence-corrected chi connectivity index (χ4v) is 4.51. The van der Waals surface area contributed by atoms with Crippen LogP contribution in [0.4, 0.5) is 4.39 Å². The van der Waals surface area contributed by atoms with Gasteiger partial charge in [0, 0.05) is 18.7 Å². The van der Waals surface area contributed by atoms with Gasteiger partial charge >= 0.3 is 5.91 Å². The first-order chi connectivity index (χ1) is 12.9. The van der Waals surface area contributed by atoms with Crippen molar-refractivity contribution in [1.82, 2.24) is 9.88 Å². The fraction of sp³-hybridized carbons (Fsp3) is 0.158. The molecule has 4 rings (SSSR count). The van der Waals surface area contributed by atoms with Crippen LogP contribution in [0.15, 0.2) is 70.1 Å². The Morgan fingerprint density at radius 3 is 2.41 bits per heavy atom. The summed E-state index contributed by atoms with van der Waals surface area (Å²) in [5.41, 5.74) is 0.796. The summed E-state index contributed by atoms with van der Waals surface area (Å²) in [5, 5.41) is -0.726. The molecule has 1 amide bonds. The molecular formula is C19H15FN2O4S. The Morgan fingerprint density at radius 2 is 1.74 bits per heavy atom. The normalized spacial score (nSPS) is 14.8. The molecule has 0 N–H and O–H groups in total. The molecule has 1 aromatic heterocycles. The first kappa shape index (κ1) is 17.4. The van der Waals surface area contributed by atoms with Crippen molar-refractivity contribution in [3.63, 3.8) is 0 Å². The van der Waals surface area contributed by atoms with Crippen molar-refractivity contribution in [2.45, 2.75) is 10.1 Å². The third-order valence-electron chi connectivity index (χ3n) is 4.46. The minimum Gasteiger partial charge on any atom is -0.432 e. The van der Waals surface area contributed by atoms with Crippen LogP contribution in [0.3, 0.4) is 0 Å². The average Bonchev–Trinajstić information content (AvgIpc) is 3.11. The summed E-state index contributed by atoms with van der Waals surface area (Å²) in [6, 6.07) is 13.9. The number of hydrogen-bond donors (Lipinski definition) is 0. The lowest BCUT2D eigenvalue weighted by molar-refractivity contribution is 0.0618. The van der Waals surface area contributed by atoms with Crippen molar-refractivity contribution in [2.75, 3.05) is 13.1 Å². The van der Waals surface area contributed by atoms with Crippen molar-refractivity contribution >= 4 is 15.7 Å². The lowest BCUT2D eigenvalue weighted by Crippen LogP contribution is -2.56. The summed E-state index contributed by atoms with van der Waals surface area (Å²) < 4.78 is 43.5. The molecule has 0 spiro atoms. The minimum absolute atomic E-state index is 0.0432. The van der Waals surface area contributed by atoms with Crippen LogP contribution < -0.4 is 0 Å². The van der Waals surface area contributed by atoms with Gasteiger partial charge in [-0.1, -0.05) is 30.3 Å². The first-order valence-corrected chi connectivity index (χ1v) is 9.80.